The third-order valence-electron chi connectivity index (χ3n) is 4.44. The minimum Gasteiger partial charge on any atom is -0.390 e. The molecule has 1 N–H and O–H groups in total. The van der Waals surface area contributed by atoms with Crippen LogP contribution in [0.15, 0.2) is 47.6 Å². The van der Waals surface area contributed by atoms with Crippen molar-refractivity contribution in [3.63, 3.8) is 0 Å². The molecule has 0 saturated heterocycles. The molecular formula is C22H24Cl2FN3O2. The van der Waals surface area contributed by atoms with Crippen LogP contribution < -0.4 is 5.32 Å². The number of oxime groups is 1. The van der Waals surface area contributed by atoms with Gasteiger partial charge in [0.15, 0.2) is 6.10 Å². The minimum absolute atomic E-state index is 0.252. The summed E-state index contributed by atoms with van der Waals surface area (Å²) >= 11 is 12.1. The predicted molar refractivity (Wildman–Crippen MR) is 118 cm³/mol. The van der Waals surface area contributed by atoms with Gasteiger partial charge in [-0.25, -0.2) is 9.18 Å². The second kappa shape index (κ2) is 9.23. The van der Waals surface area contributed by atoms with E-state index in [0.717, 1.165) is 11.3 Å². The van der Waals surface area contributed by atoms with Gasteiger partial charge >= 0.3 is 6.03 Å². The van der Waals surface area contributed by atoms with Gasteiger partial charge in [0.25, 0.3) is 0 Å². The SMILES string of the molecule is CC(C)(C)NC(=O)N(Cc1cccc(F)c1)C[C@@H]1CC(c2ccc(Cl)c(Cl)c2)=NO1. The average Bonchev–Trinajstić information content (AvgIpc) is 3.11. The normalized spacial score (nSPS) is 16.1. The smallest absolute Gasteiger partial charge is 0.318 e. The quantitative estimate of drug-likeness (QED) is 0.639. The van der Waals surface area contributed by atoms with E-state index in [4.69, 9.17) is 28.0 Å². The minimum atomic E-state index is -0.407. The van der Waals surface area contributed by atoms with E-state index in [0.29, 0.717) is 28.6 Å². The van der Waals surface area contributed by atoms with Crippen LogP contribution in [0.5, 0.6) is 0 Å². The molecule has 1 atom stereocenters. The maximum atomic E-state index is 13.6. The van der Waals surface area contributed by atoms with Crippen molar-refractivity contribution >= 4 is 34.9 Å². The maximum Gasteiger partial charge on any atom is 0.318 e. The van der Waals surface area contributed by atoms with E-state index in [1.807, 2.05) is 26.8 Å². The topological polar surface area (TPSA) is 53.9 Å². The summed E-state index contributed by atoms with van der Waals surface area (Å²) < 4.78 is 13.6. The number of hydrogen-bond acceptors (Lipinski definition) is 3. The number of halogens is 3. The van der Waals surface area contributed by atoms with Gasteiger partial charge in [0.2, 0.25) is 0 Å². The van der Waals surface area contributed by atoms with Crippen LogP contribution in [0.3, 0.4) is 0 Å². The molecule has 0 fully saturated rings. The monoisotopic (exact) mass is 451 g/mol. The van der Waals surface area contributed by atoms with Crippen molar-refractivity contribution in [1.82, 2.24) is 10.2 Å². The summed E-state index contributed by atoms with van der Waals surface area (Å²) in [4.78, 5) is 20.1. The lowest BCUT2D eigenvalue weighted by Gasteiger charge is -2.29. The lowest BCUT2D eigenvalue weighted by Crippen LogP contribution is -2.50. The average molecular weight is 452 g/mol. The summed E-state index contributed by atoms with van der Waals surface area (Å²) in [7, 11) is 0. The Morgan fingerprint density at radius 3 is 2.67 bits per heavy atom. The molecule has 0 saturated carbocycles. The van der Waals surface area contributed by atoms with Crippen molar-refractivity contribution in [3.8, 4) is 0 Å². The Balaban J connectivity index is 1.71. The number of carbonyl (C=O) groups is 1. The molecule has 0 spiro atoms. The van der Waals surface area contributed by atoms with Crippen molar-refractivity contribution in [3.05, 3.63) is 69.5 Å². The Kier molecular flexibility index (Phi) is 6.88. The summed E-state index contributed by atoms with van der Waals surface area (Å²) in [5, 5.41) is 8.03. The predicted octanol–water partition coefficient (Wildman–Crippen LogP) is 5.64. The molecule has 5 nitrogen and oxygen atoms in total. The molecule has 3 rings (SSSR count). The third kappa shape index (κ3) is 6.09. The van der Waals surface area contributed by atoms with Crippen molar-refractivity contribution in [2.24, 2.45) is 5.16 Å². The second-order valence-corrected chi connectivity index (χ2v) is 9.10. The Labute approximate surface area is 185 Å². The number of benzene rings is 2. The van der Waals surface area contributed by atoms with E-state index in [1.54, 1.807) is 29.2 Å². The van der Waals surface area contributed by atoms with E-state index in [-0.39, 0.29) is 24.5 Å². The van der Waals surface area contributed by atoms with Crippen molar-refractivity contribution in [2.75, 3.05) is 6.54 Å². The number of hydrogen-bond donors (Lipinski definition) is 1. The van der Waals surface area contributed by atoms with Gasteiger partial charge in [-0.1, -0.05) is 46.6 Å². The van der Waals surface area contributed by atoms with E-state index in [1.165, 1.54) is 12.1 Å². The summed E-state index contributed by atoms with van der Waals surface area (Å²) in [6.07, 6.45) is 0.189. The molecule has 2 aromatic rings. The number of amides is 2. The molecular weight excluding hydrogens is 428 g/mol. The van der Waals surface area contributed by atoms with Gasteiger partial charge in [0, 0.05) is 24.1 Å². The van der Waals surface area contributed by atoms with Gasteiger partial charge in [-0.2, -0.15) is 0 Å². The summed E-state index contributed by atoms with van der Waals surface area (Å²) in [6.45, 7) is 6.27. The number of nitrogens with zero attached hydrogens (tertiary/aromatic N) is 2. The first-order chi connectivity index (χ1) is 14.1. The van der Waals surface area contributed by atoms with Gasteiger partial charge < -0.3 is 15.1 Å². The molecule has 2 amide bonds. The first-order valence-corrected chi connectivity index (χ1v) is 10.4. The molecule has 2 aromatic carbocycles. The van der Waals surface area contributed by atoms with Crippen LogP contribution >= 0.6 is 23.2 Å². The zero-order valence-electron chi connectivity index (χ0n) is 17.1. The maximum absolute atomic E-state index is 13.6. The molecule has 1 aliphatic rings. The molecule has 160 valence electrons. The van der Waals surface area contributed by atoms with E-state index < -0.39 is 5.54 Å². The third-order valence-corrected chi connectivity index (χ3v) is 5.18. The second-order valence-electron chi connectivity index (χ2n) is 8.29. The van der Waals surface area contributed by atoms with Crippen molar-refractivity contribution < 1.29 is 14.0 Å². The van der Waals surface area contributed by atoms with Crippen LogP contribution in [-0.4, -0.2) is 34.8 Å². The largest absolute Gasteiger partial charge is 0.390 e. The van der Waals surface area contributed by atoms with Gasteiger partial charge in [0.05, 0.1) is 22.3 Å². The van der Waals surface area contributed by atoms with Gasteiger partial charge in [-0.15, -0.1) is 0 Å². The highest BCUT2D eigenvalue weighted by Gasteiger charge is 2.28. The fourth-order valence-electron chi connectivity index (χ4n) is 3.09. The fourth-order valence-corrected chi connectivity index (χ4v) is 3.39. The zero-order chi connectivity index (χ0) is 21.9. The molecule has 0 unspecified atom stereocenters. The van der Waals surface area contributed by atoms with Gasteiger partial charge in [0.1, 0.15) is 5.82 Å². The number of rotatable bonds is 5. The number of urea groups is 1. The zero-order valence-corrected chi connectivity index (χ0v) is 18.6. The summed E-state index contributed by atoms with van der Waals surface area (Å²) in [6, 6.07) is 11.2. The number of nitrogens with one attached hydrogen (secondary N) is 1. The lowest BCUT2D eigenvalue weighted by atomic mass is 10.0. The van der Waals surface area contributed by atoms with E-state index in [9.17, 15) is 9.18 Å². The van der Waals surface area contributed by atoms with Crippen LogP contribution in [0.25, 0.3) is 0 Å². The highest BCUT2D eigenvalue weighted by atomic mass is 35.5. The molecule has 0 bridgehead atoms. The summed E-state index contributed by atoms with van der Waals surface area (Å²) in [5.41, 5.74) is 1.85. The molecule has 0 aliphatic carbocycles. The van der Waals surface area contributed by atoms with E-state index in [2.05, 4.69) is 10.5 Å². The summed E-state index contributed by atoms with van der Waals surface area (Å²) in [5.74, 6) is -0.342. The standard InChI is InChI=1S/C22H24Cl2FN3O2/c1-22(2,3)26-21(29)28(12-14-5-4-6-16(25)9-14)13-17-11-20(27-30-17)15-7-8-18(23)19(24)10-15/h4-10,17H,11-13H2,1-3H3,(H,26,29)/t17-/m0/s1. The highest BCUT2D eigenvalue weighted by Crippen LogP contribution is 2.26. The van der Waals surface area contributed by atoms with Crippen LogP contribution in [0.4, 0.5) is 9.18 Å². The Morgan fingerprint density at radius 2 is 2.00 bits per heavy atom. The Morgan fingerprint density at radius 1 is 1.23 bits per heavy atom. The first kappa shape index (κ1) is 22.4. The molecule has 30 heavy (non-hydrogen) atoms. The van der Waals surface area contributed by atoms with Crippen LogP contribution in [-0.2, 0) is 11.4 Å². The van der Waals surface area contributed by atoms with Crippen molar-refractivity contribution in [1.29, 1.82) is 0 Å². The molecule has 8 heteroatoms. The first-order valence-electron chi connectivity index (χ1n) is 9.60. The van der Waals surface area contributed by atoms with Crippen molar-refractivity contribution in [2.45, 2.75) is 45.4 Å². The van der Waals surface area contributed by atoms with Gasteiger partial charge in [-0.3, -0.25) is 0 Å². The molecule has 0 aromatic heterocycles. The molecule has 0 radical (unpaired) electrons. The Hall–Kier alpha value is -2.31. The molecule has 1 heterocycles. The fraction of sp³-hybridized carbons (Fsp3) is 0.364. The van der Waals surface area contributed by atoms with Gasteiger partial charge in [-0.05, 0) is 50.6 Å². The number of carbonyl (C=O) groups excluding carboxylic acids is 1. The molecule has 1 aliphatic heterocycles. The van der Waals surface area contributed by atoms with Crippen LogP contribution in [0.2, 0.25) is 10.0 Å². The van der Waals surface area contributed by atoms with Crippen LogP contribution in [0, 0.1) is 5.82 Å². The van der Waals surface area contributed by atoms with Crippen LogP contribution in [0.1, 0.15) is 38.3 Å². The highest BCUT2D eigenvalue weighted by molar-refractivity contribution is 6.42. The van der Waals surface area contributed by atoms with E-state index >= 15 is 0 Å². The Bertz CT molecular complexity index is 960. The lowest BCUT2D eigenvalue weighted by molar-refractivity contribution is 0.0580.